The first kappa shape index (κ1) is 20.8. The molecule has 1 aromatic carbocycles. The number of aromatic nitrogens is 4. The summed E-state index contributed by atoms with van der Waals surface area (Å²) in [6.07, 6.45) is 1.64. The fraction of sp³-hybridized carbons (Fsp3) is 0.350. The van der Waals surface area contributed by atoms with Crippen molar-refractivity contribution in [1.82, 2.24) is 20.2 Å². The van der Waals surface area contributed by atoms with Crippen molar-refractivity contribution >= 4 is 33.1 Å². The van der Waals surface area contributed by atoms with Crippen LogP contribution in [0.4, 0.5) is 23.3 Å². The summed E-state index contributed by atoms with van der Waals surface area (Å²) in [5.74, 6) is 1.81. The molecule has 2 aromatic heterocycles. The Morgan fingerprint density at radius 2 is 1.86 bits per heavy atom. The van der Waals surface area contributed by atoms with Gasteiger partial charge in [-0.1, -0.05) is 6.07 Å². The van der Waals surface area contributed by atoms with Crippen molar-refractivity contribution in [2.75, 3.05) is 17.3 Å². The summed E-state index contributed by atoms with van der Waals surface area (Å²) >= 11 is 0. The number of sulfone groups is 1. The molecule has 154 valence electrons. The van der Waals surface area contributed by atoms with E-state index in [1.807, 2.05) is 25.8 Å². The smallest absolute Gasteiger partial charge is 0.229 e. The van der Waals surface area contributed by atoms with Gasteiger partial charge in [0.05, 0.1) is 9.64 Å². The zero-order valence-corrected chi connectivity index (χ0v) is 18.3. The van der Waals surface area contributed by atoms with E-state index >= 15 is 0 Å². The highest BCUT2D eigenvalue weighted by molar-refractivity contribution is 7.92. The standard InChI is InChI=1S/C20H26N6O2S/c1-13-14(2)24-25-18(13)26(6)17-10-11-21-19(23-17)22-15-8-7-9-16(12-15)29(27,28)20(3,4)5/h7-12H,1-6H3,(H,24,25)(H,21,22,23). The van der Waals surface area contributed by atoms with Crippen molar-refractivity contribution in [3.05, 3.63) is 47.8 Å². The van der Waals surface area contributed by atoms with Crippen molar-refractivity contribution in [2.45, 2.75) is 44.3 Å². The first-order chi connectivity index (χ1) is 13.5. The van der Waals surface area contributed by atoms with E-state index in [1.54, 1.807) is 57.3 Å². The summed E-state index contributed by atoms with van der Waals surface area (Å²) in [5, 5.41) is 10.4. The number of aryl methyl sites for hydroxylation is 1. The zero-order valence-electron chi connectivity index (χ0n) is 17.5. The third-order valence-corrected chi connectivity index (χ3v) is 7.22. The molecular weight excluding hydrogens is 388 g/mol. The summed E-state index contributed by atoms with van der Waals surface area (Å²) in [5.41, 5.74) is 2.64. The van der Waals surface area contributed by atoms with Crippen LogP contribution < -0.4 is 10.2 Å². The number of hydrogen-bond acceptors (Lipinski definition) is 7. The SMILES string of the molecule is Cc1[nH]nc(N(C)c2ccnc(Nc3cccc(S(=O)(=O)C(C)(C)C)c3)n2)c1C. The van der Waals surface area contributed by atoms with Crippen molar-refractivity contribution in [2.24, 2.45) is 0 Å². The van der Waals surface area contributed by atoms with Crippen LogP contribution in [0.3, 0.4) is 0 Å². The maximum absolute atomic E-state index is 12.7. The van der Waals surface area contributed by atoms with Gasteiger partial charge in [0.1, 0.15) is 5.82 Å². The molecule has 0 bridgehead atoms. The molecule has 0 aliphatic heterocycles. The number of nitrogens with zero attached hydrogens (tertiary/aromatic N) is 4. The summed E-state index contributed by atoms with van der Waals surface area (Å²) in [7, 11) is -1.57. The van der Waals surface area contributed by atoms with Gasteiger partial charge in [-0.15, -0.1) is 0 Å². The molecule has 2 N–H and O–H groups in total. The summed E-state index contributed by atoms with van der Waals surface area (Å²) in [4.78, 5) is 10.9. The Hall–Kier alpha value is -2.94. The largest absolute Gasteiger partial charge is 0.324 e. The van der Waals surface area contributed by atoms with Crippen LogP contribution in [0, 0.1) is 13.8 Å². The first-order valence-electron chi connectivity index (χ1n) is 9.21. The fourth-order valence-electron chi connectivity index (χ4n) is 2.73. The number of H-pyrrole nitrogens is 1. The van der Waals surface area contributed by atoms with Gasteiger partial charge in [-0.25, -0.2) is 13.4 Å². The number of rotatable bonds is 5. The molecule has 2 heterocycles. The van der Waals surface area contributed by atoms with E-state index in [2.05, 4.69) is 25.5 Å². The number of anilines is 4. The monoisotopic (exact) mass is 414 g/mol. The Morgan fingerprint density at radius 1 is 1.14 bits per heavy atom. The Kier molecular flexibility index (Phi) is 5.36. The molecule has 3 rings (SSSR count). The maximum atomic E-state index is 12.7. The Balaban J connectivity index is 1.88. The van der Waals surface area contributed by atoms with Gasteiger partial charge in [0.15, 0.2) is 15.7 Å². The number of hydrogen-bond donors (Lipinski definition) is 2. The van der Waals surface area contributed by atoms with Gasteiger partial charge in [-0.3, -0.25) is 5.10 Å². The average Bonchev–Trinajstić information content (AvgIpc) is 2.99. The minimum absolute atomic E-state index is 0.255. The van der Waals surface area contributed by atoms with Crippen LogP contribution in [0.1, 0.15) is 32.0 Å². The second kappa shape index (κ2) is 7.47. The lowest BCUT2D eigenvalue weighted by Gasteiger charge is -2.20. The van der Waals surface area contributed by atoms with E-state index in [9.17, 15) is 8.42 Å². The van der Waals surface area contributed by atoms with E-state index in [1.165, 1.54) is 0 Å². The van der Waals surface area contributed by atoms with Crippen LogP contribution in [0.15, 0.2) is 41.4 Å². The minimum atomic E-state index is -3.45. The third-order valence-electron chi connectivity index (χ3n) is 4.74. The molecule has 3 aromatic rings. The van der Waals surface area contributed by atoms with Gasteiger partial charge < -0.3 is 10.2 Å². The Morgan fingerprint density at radius 3 is 2.48 bits per heavy atom. The molecule has 0 fully saturated rings. The molecule has 0 aliphatic rings. The minimum Gasteiger partial charge on any atom is -0.324 e. The van der Waals surface area contributed by atoms with Crippen molar-refractivity contribution in [3.8, 4) is 0 Å². The quantitative estimate of drug-likeness (QED) is 0.652. The summed E-state index contributed by atoms with van der Waals surface area (Å²) < 4.78 is 24.5. The fourth-order valence-corrected chi connectivity index (χ4v) is 3.97. The molecule has 0 saturated carbocycles. The molecule has 0 amide bonds. The van der Waals surface area contributed by atoms with Crippen LogP contribution in [-0.4, -0.2) is 40.4 Å². The van der Waals surface area contributed by atoms with E-state index in [0.29, 0.717) is 17.5 Å². The lowest BCUT2D eigenvalue weighted by atomic mass is 10.2. The summed E-state index contributed by atoms with van der Waals surface area (Å²) in [6.45, 7) is 9.01. The molecule has 0 atom stereocenters. The van der Waals surface area contributed by atoms with E-state index in [4.69, 9.17) is 0 Å². The molecule has 0 spiro atoms. The highest BCUT2D eigenvalue weighted by atomic mass is 32.2. The predicted molar refractivity (Wildman–Crippen MR) is 115 cm³/mol. The highest BCUT2D eigenvalue weighted by Crippen LogP contribution is 2.28. The van der Waals surface area contributed by atoms with Crippen molar-refractivity contribution < 1.29 is 8.42 Å². The maximum Gasteiger partial charge on any atom is 0.229 e. The number of aromatic amines is 1. The van der Waals surface area contributed by atoms with E-state index in [-0.39, 0.29) is 4.90 Å². The Labute approximate surface area is 171 Å². The molecular formula is C20H26N6O2S. The van der Waals surface area contributed by atoms with Gasteiger partial charge in [0.25, 0.3) is 0 Å². The van der Waals surface area contributed by atoms with Crippen molar-refractivity contribution in [1.29, 1.82) is 0 Å². The first-order valence-corrected chi connectivity index (χ1v) is 10.7. The Bertz CT molecular complexity index is 1130. The van der Waals surface area contributed by atoms with Crippen LogP contribution in [0.2, 0.25) is 0 Å². The van der Waals surface area contributed by atoms with E-state index in [0.717, 1.165) is 17.1 Å². The normalized spacial score (nSPS) is 12.1. The van der Waals surface area contributed by atoms with Crippen LogP contribution in [-0.2, 0) is 9.84 Å². The second-order valence-corrected chi connectivity index (χ2v) is 10.6. The zero-order chi connectivity index (χ0) is 21.4. The molecule has 0 aliphatic carbocycles. The summed E-state index contributed by atoms with van der Waals surface area (Å²) in [6, 6.07) is 8.46. The van der Waals surface area contributed by atoms with Gasteiger partial charge in [-0.2, -0.15) is 10.1 Å². The molecule has 0 radical (unpaired) electrons. The van der Waals surface area contributed by atoms with Crippen LogP contribution in [0.5, 0.6) is 0 Å². The molecule has 29 heavy (non-hydrogen) atoms. The van der Waals surface area contributed by atoms with Gasteiger partial charge in [-0.05, 0) is 58.9 Å². The molecule has 0 saturated heterocycles. The van der Waals surface area contributed by atoms with Gasteiger partial charge >= 0.3 is 0 Å². The third kappa shape index (κ3) is 4.09. The topological polar surface area (TPSA) is 104 Å². The predicted octanol–water partition coefficient (Wildman–Crippen LogP) is 3.90. The molecule has 0 unspecified atom stereocenters. The van der Waals surface area contributed by atoms with E-state index < -0.39 is 14.6 Å². The number of benzene rings is 1. The van der Waals surface area contributed by atoms with Crippen LogP contribution >= 0.6 is 0 Å². The second-order valence-electron chi connectivity index (χ2n) is 7.86. The van der Waals surface area contributed by atoms with Gasteiger partial charge in [0.2, 0.25) is 5.95 Å². The average molecular weight is 415 g/mol. The van der Waals surface area contributed by atoms with Crippen LogP contribution in [0.25, 0.3) is 0 Å². The molecule has 8 nitrogen and oxygen atoms in total. The highest BCUT2D eigenvalue weighted by Gasteiger charge is 2.30. The number of nitrogens with one attached hydrogen (secondary N) is 2. The lowest BCUT2D eigenvalue weighted by Crippen LogP contribution is -2.27. The van der Waals surface area contributed by atoms with Gasteiger partial charge in [0, 0.05) is 30.2 Å². The molecule has 9 heteroatoms. The van der Waals surface area contributed by atoms with Crippen molar-refractivity contribution in [3.63, 3.8) is 0 Å². The lowest BCUT2D eigenvalue weighted by molar-refractivity contribution is 0.560.